The van der Waals surface area contributed by atoms with Crippen molar-refractivity contribution in [2.24, 2.45) is 5.92 Å². The van der Waals surface area contributed by atoms with Gasteiger partial charge in [0.2, 0.25) is 0 Å². The number of carboxylic acids is 1. The Hall–Kier alpha value is -1.55. The van der Waals surface area contributed by atoms with Crippen molar-refractivity contribution in [3.8, 4) is 0 Å². The summed E-state index contributed by atoms with van der Waals surface area (Å²) in [5.41, 5.74) is 2.19. The van der Waals surface area contributed by atoms with Crippen LogP contribution in [0.1, 0.15) is 18.9 Å². The molecule has 104 valence electrons. The summed E-state index contributed by atoms with van der Waals surface area (Å²) >= 11 is 0. The molecular weight excluding hydrogens is 242 g/mol. The highest BCUT2D eigenvalue weighted by Crippen LogP contribution is 2.41. The molecule has 1 saturated heterocycles. The van der Waals surface area contributed by atoms with Crippen LogP contribution < -0.4 is 4.90 Å². The Morgan fingerprint density at radius 1 is 1.37 bits per heavy atom. The minimum Gasteiger partial charge on any atom is -0.481 e. The molecule has 1 N–H and O–H groups in total. The van der Waals surface area contributed by atoms with E-state index in [9.17, 15) is 4.79 Å². The Kier molecular flexibility index (Phi) is 3.80. The number of aliphatic carboxylic acids is 1. The summed E-state index contributed by atoms with van der Waals surface area (Å²) in [5.74, 6) is -0.673. The first-order chi connectivity index (χ1) is 8.95. The Bertz CT molecular complexity index is 449. The summed E-state index contributed by atoms with van der Waals surface area (Å²) in [5, 5.41) is 8.98. The van der Waals surface area contributed by atoms with E-state index in [1.165, 1.54) is 5.56 Å². The Morgan fingerprint density at radius 2 is 1.95 bits per heavy atom. The molecule has 1 unspecified atom stereocenters. The van der Waals surface area contributed by atoms with Crippen molar-refractivity contribution >= 4 is 11.7 Å². The SMILES string of the molecule is CC(CC(=O)O)C1(c2ccc(N(C)C)cc2)COC1. The van der Waals surface area contributed by atoms with Crippen LogP contribution in [0.15, 0.2) is 24.3 Å². The molecule has 1 fully saturated rings. The molecule has 2 rings (SSSR count). The summed E-state index contributed by atoms with van der Waals surface area (Å²) in [4.78, 5) is 13.0. The van der Waals surface area contributed by atoms with Gasteiger partial charge in [0.1, 0.15) is 0 Å². The van der Waals surface area contributed by atoms with Gasteiger partial charge in [0.25, 0.3) is 0 Å². The van der Waals surface area contributed by atoms with Gasteiger partial charge in [-0.05, 0) is 23.6 Å². The predicted octanol–water partition coefficient (Wildman–Crippen LogP) is 2.13. The first-order valence-electron chi connectivity index (χ1n) is 6.53. The quantitative estimate of drug-likeness (QED) is 0.884. The third kappa shape index (κ3) is 2.59. The van der Waals surface area contributed by atoms with Crippen LogP contribution in [0.5, 0.6) is 0 Å². The minimum absolute atomic E-state index is 0.0731. The normalized spacial score (nSPS) is 18.5. The highest BCUT2D eigenvalue weighted by molar-refractivity contribution is 5.67. The monoisotopic (exact) mass is 263 g/mol. The molecule has 1 aromatic carbocycles. The number of rotatable bonds is 5. The smallest absolute Gasteiger partial charge is 0.303 e. The standard InChI is InChI=1S/C15H21NO3/c1-11(8-14(17)18)15(9-19-10-15)12-4-6-13(7-5-12)16(2)3/h4-7,11H,8-10H2,1-3H3,(H,17,18). The van der Waals surface area contributed by atoms with Crippen LogP contribution in [0.4, 0.5) is 5.69 Å². The number of hydrogen-bond donors (Lipinski definition) is 1. The lowest BCUT2D eigenvalue weighted by Gasteiger charge is -2.46. The second kappa shape index (κ2) is 5.21. The molecule has 0 spiro atoms. The van der Waals surface area contributed by atoms with Crippen LogP contribution in [-0.2, 0) is 14.9 Å². The maximum Gasteiger partial charge on any atom is 0.303 e. The van der Waals surface area contributed by atoms with E-state index >= 15 is 0 Å². The molecule has 1 atom stereocenters. The third-order valence-electron chi connectivity index (χ3n) is 4.10. The van der Waals surface area contributed by atoms with E-state index in [1.54, 1.807) is 0 Å². The van der Waals surface area contributed by atoms with E-state index < -0.39 is 5.97 Å². The number of hydrogen-bond acceptors (Lipinski definition) is 3. The molecular formula is C15H21NO3. The number of anilines is 1. The van der Waals surface area contributed by atoms with E-state index in [-0.39, 0.29) is 17.8 Å². The fourth-order valence-electron chi connectivity index (χ4n) is 2.61. The van der Waals surface area contributed by atoms with Crippen LogP contribution in [0.2, 0.25) is 0 Å². The lowest BCUT2D eigenvalue weighted by atomic mass is 9.68. The number of carbonyl (C=O) groups is 1. The van der Waals surface area contributed by atoms with E-state index in [1.807, 2.05) is 21.0 Å². The van der Waals surface area contributed by atoms with E-state index in [0.29, 0.717) is 13.2 Å². The van der Waals surface area contributed by atoms with Gasteiger partial charge in [-0.3, -0.25) is 4.79 Å². The van der Waals surface area contributed by atoms with Crippen LogP contribution in [0.25, 0.3) is 0 Å². The predicted molar refractivity (Wildman–Crippen MR) is 74.7 cm³/mol. The first-order valence-corrected chi connectivity index (χ1v) is 6.53. The van der Waals surface area contributed by atoms with Crippen molar-refractivity contribution in [2.75, 3.05) is 32.2 Å². The summed E-state index contributed by atoms with van der Waals surface area (Å²) in [6.07, 6.45) is 0.179. The van der Waals surface area contributed by atoms with Crippen LogP contribution in [0.3, 0.4) is 0 Å². The number of carboxylic acid groups (broad SMARTS) is 1. The molecule has 0 amide bonds. The summed E-state index contributed by atoms with van der Waals surface area (Å²) in [6.45, 7) is 3.22. The fourth-order valence-corrected chi connectivity index (χ4v) is 2.61. The minimum atomic E-state index is -0.747. The topological polar surface area (TPSA) is 49.8 Å². The zero-order valence-electron chi connectivity index (χ0n) is 11.7. The van der Waals surface area contributed by atoms with Gasteiger partial charge in [-0.1, -0.05) is 19.1 Å². The largest absolute Gasteiger partial charge is 0.481 e. The molecule has 19 heavy (non-hydrogen) atoms. The lowest BCUT2D eigenvalue weighted by molar-refractivity contribution is -0.142. The maximum absolute atomic E-state index is 10.9. The molecule has 1 aliphatic heterocycles. The molecule has 4 nitrogen and oxygen atoms in total. The second-order valence-electron chi connectivity index (χ2n) is 5.59. The zero-order valence-corrected chi connectivity index (χ0v) is 11.7. The molecule has 1 heterocycles. The van der Waals surface area contributed by atoms with Crippen molar-refractivity contribution in [3.05, 3.63) is 29.8 Å². The summed E-state index contributed by atoms with van der Waals surface area (Å²) in [6, 6.07) is 8.33. The molecule has 0 saturated carbocycles. The van der Waals surface area contributed by atoms with E-state index in [4.69, 9.17) is 9.84 Å². The van der Waals surface area contributed by atoms with Crippen molar-refractivity contribution in [2.45, 2.75) is 18.8 Å². The Labute approximate surface area is 114 Å². The van der Waals surface area contributed by atoms with Gasteiger partial charge in [-0.2, -0.15) is 0 Å². The molecule has 0 aliphatic carbocycles. The van der Waals surface area contributed by atoms with Gasteiger partial charge in [0.15, 0.2) is 0 Å². The second-order valence-corrected chi connectivity index (χ2v) is 5.59. The fraction of sp³-hybridized carbons (Fsp3) is 0.533. The van der Waals surface area contributed by atoms with Crippen LogP contribution >= 0.6 is 0 Å². The van der Waals surface area contributed by atoms with Gasteiger partial charge in [0, 0.05) is 31.6 Å². The highest BCUT2D eigenvalue weighted by atomic mass is 16.5. The number of ether oxygens (including phenoxy) is 1. The van der Waals surface area contributed by atoms with Crippen molar-refractivity contribution in [3.63, 3.8) is 0 Å². The highest BCUT2D eigenvalue weighted by Gasteiger charge is 2.45. The van der Waals surface area contributed by atoms with Gasteiger partial charge >= 0.3 is 5.97 Å². The van der Waals surface area contributed by atoms with Gasteiger partial charge in [-0.15, -0.1) is 0 Å². The maximum atomic E-state index is 10.9. The number of nitrogens with zero attached hydrogens (tertiary/aromatic N) is 1. The number of benzene rings is 1. The molecule has 0 radical (unpaired) electrons. The molecule has 4 heteroatoms. The van der Waals surface area contributed by atoms with Gasteiger partial charge < -0.3 is 14.7 Å². The Morgan fingerprint density at radius 3 is 2.32 bits per heavy atom. The average Bonchev–Trinajstić information content (AvgIpc) is 2.27. The summed E-state index contributed by atoms with van der Waals surface area (Å²) in [7, 11) is 4.01. The van der Waals surface area contributed by atoms with E-state index in [0.717, 1.165) is 5.69 Å². The van der Waals surface area contributed by atoms with Crippen molar-refractivity contribution in [1.82, 2.24) is 0 Å². The van der Waals surface area contributed by atoms with Crippen LogP contribution in [0, 0.1) is 5.92 Å². The van der Waals surface area contributed by atoms with E-state index in [2.05, 4.69) is 29.2 Å². The van der Waals surface area contributed by atoms with Gasteiger partial charge in [-0.25, -0.2) is 0 Å². The van der Waals surface area contributed by atoms with Gasteiger partial charge in [0.05, 0.1) is 13.2 Å². The van der Waals surface area contributed by atoms with Crippen LogP contribution in [-0.4, -0.2) is 38.4 Å². The van der Waals surface area contributed by atoms with Crippen molar-refractivity contribution < 1.29 is 14.6 Å². The molecule has 1 aliphatic rings. The third-order valence-corrected chi connectivity index (χ3v) is 4.10. The molecule has 0 bridgehead atoms. The zero-order chi connectivity index (χ0) is 14.0. The molecule has 1 aromatic rings. The molecule has 0 aromatic heterocycles. The van der Waals surface area contributed by atoms with Crippen molar-refractivity contribution in [1.29, 1.82) is 0 Å². The first kappa shape index (κ1) is 13.9. The summed E-state index contributed by atoms with van der Waals surface area (Å²) < 4.78 is 5.37. The average molecular weight is 263 g/mol. The Balaban J connectivity index is 2.23. The lowest BCUT2D eigenvalue weighted by Crippen LogP contribution is -2.52.